The number of imide groups is 1. The van der Waals surface area contributed by atoms with Crippen molar-refractivity contribution in [3.63, 3.8) is 0 Å². The minimum atomic E-state index is -1.13. The van der Waals surface area contributed by atoms with Gasteiger partial charge in [0.1, 0.15) is 11.7 Å². The Hall–Kier alpha value is -5.35. The number of nitro benzene ring substituents is 1. The Bertz CT molecular complexity index is 1610. The largest absolute Gasteiger partial charge is 0.423 e. The predicted molar refractivity (Wildman–Crippen MR) is 143 cm³/mol. The summed E-state index contributed by atoms with van der Waals surface area (Å²) in [4.78, 5) is 57.7. The van der Waals surface area contributed by atoms with Gasteiger partial charge in [-0.05, 0) is 48.0 Å². The number of para-hydroxylation sites is 1. The third-order valence-corrected chi connectivity index (χ3v) is 6.87. The average Bonchev–Trinajstić information content (AvgIpc) is 3.50. The van der Waals surface area contributed by atoms with E-state index in [-0.39, 0.29) is 11.4 Å². The number of hydrogen-bond acceptors (Lipinski definition) is 8. The number of hydroxylamine groups is 1. The topological polar surface area (TPSA) is 119 Å². The Kier molecular flexibility index (Phi) is 6.29. The van der Waals surface area contributed by atoms with Gasteiger partial charge in [0.15, 0.2) is 6.10 Å². The first-order chi connectivity index (χ1) is 19.4. The molecule has 0 N–H and O–H groups in total. The number of nitro groups is 1. The summed E-state index contributed by atoms with van der Waals surface area (Å²) in [7, 11) is 0. The van der Waals surface area contributed by atoms with Crippen LogP contribution in [0.1, 0.15) is 22.0 Å². The van der Waals surface area contributed by atoms with Gasteiger partial charge in [-0.15, -0.1) is 0 Å². The Balaban J connectivity index is 1.36. The number of hydrogen-bond donors (Lipinski definition) is 0. The van der Waals surface area contributed by atoms with Crippen LogP contribution in [0.3, 0.4) is 0 Å². The fraction of sp³-hybridized carbons (Fsp3) is 0.100. The highest BCUT2D eigenvalue weighted by molar-refractivity contribution is 6.23. The lowest BCUT2D eigenvalue weighted by Gasteiger charge is -2.28. The number of non-ortho nitro benzene ring substituents is 1. The Labute approximate surface area is 228 Å². The molecular weight excluding hydrogens is 514 g/mol. The Morgan fingerprint density at radius 1 is 0.800 bits per heavy atom. The first-order valence-corrected chi connectivity index (χ1v) is 12.4. The molecule has 0 aliphatic carbocycles. The van der Waals surface area contributed by atoms with E-state index < -0.39 is 40.8 Å². The highest BCUT2D eigenvalue weighted by Gasteiger charge is 2.60. The third-order valence-electron chi connectivity index (χ3n) is 6.87. The molecule has 4 aromatic carbocycles. The Morgan fingerprint density at radius 2 is 1.45 bits per heavy atom. The molecule has 10 heteroatoms. The van der Waals surface area contributed by atoms with Gasteiger partial charge >= 0.3 is 5.97 Å². The molecule has 0 unspecified atom stereocenters. The first-order valence-electron chi connectivity index (χ1n) is 12.4. The standard InChI is InChI=1S/C30H21N3O7/c34-28-25-26(19-14-16-24(17-15-19)39-30(36)20-8-3-1-4-9-20)32(22-12-7-13-23(18-22)33(37)38)40-27(25)29(35)31(28)21-10-5-2-6-11-21/h1-18,25-27H/t25-,26+,27+/m0/s1. The highest BCUT2D eigenvalue weighted by atomic mass is 16.7. The summed E-state index contributed by atoms with van der Waals surface area (Å²) in [5.74, 6) is -2.13. The van der Waals surface area contributed by atoms with Crippen molar-refractivity contribution in [1.82, 2.24) is 0 Å². The number of esters is 1. The molecule has 0 spiro atoms. The quantitative estimate of drug-likeness (QED) is 0.113. The van der Waals surface area contributed by atoms with Gasteiger partial charge in [-0.1, -0.05) is 54.6 Å². The van der Waals surface area contributed by atoms with Crippen LogP contribution in [0.25, 0.3) is 0 Å². The van der Waals surface area contributed by atoms with Crippen LogP contribution in [-0.4, -0.2) is 28.8 Å². The summed E-state index contributed by atoms with van der Waals surface area (Å²) in [6, 6.07) is 28.7. The smallest absolute Gasteiger partial charge is 0.343 e. The van der Waals surface area contributed by atoms with E-state index in [2.05, 4.69) is 0 Å². The number of fused-ring (bicyclic) bond motifs is 1. The van der Waals surface area contributed by atoms with Crippen LogP contribution in [0.4, 0.5) is 17.1 Å². The lowest BCUT2D eigenvalue weighted by atomic mass is 9.90. The maximum Gasteiger partial charge on any atom is 0.343 e. The second kappa shape index (κ2) is 10.1. The summed E-state index contributed by atoms with van der Waals surface area (Å²) in [6.07, 6.45) is -1.13. The maximum atomic E-state index is 13.7. The molecule has 2 aliphatic heterocycles. The van der Waals surface area contributed by atoms with Gasteiger partial charge in [0, 0.05) is 12.1 Å². The van der Waals surface area contributed by atoms with Gasteiger partial charge in [0.25, 0.3) is 11.6 Å². The van der Waals surface area contributed by atoms with Crippen molar-refractivity contribution in [3.05, 3.63) is 130 Å². The molecule has 0 bridgehead atoms. The number of anilines is 2. The van der Waals surface area contributed by atoms with E-state index in [1.165, 1.54) is 23.3 Å². The lowest BCUT2D eigenvalue weighted by Crippen LogP contribution is -2.37. The number of rotatable bonds is 6. The average molecular weight is 536 g/mol. The van der Waals surface area contributed by atoms with E-state index in [0.717, 1.165) is 4.90 Å². The second-order valence-electron chi connectivity index (χ2n) is 9.27. The molecular formula is C30H21N3O7. The molecule has 3 atom stereocenters. The molecule has 40 heavy (non-hydrogen) atoms. The van der Waals surface area contributed by atoms with Crippen molar-refractivity contribution in [1.29, 1.82) is 0 Å². The minimum absolute atomic E-state index is 0.163. The van der Waals surface area contributed by atoms with Crippen LogP contribution in [0.15, 0.2) is 109 Å². The molecule has 2 saturated heterocycles. The monoisotopic (exact) mass is 535 g/mol. The third kappa shape index (κ3) is 4.36. The van der Waals surface area contributed by atoms with E-state index >= 15 is 0 Å². The SMILES string of the molecule is O=C(Oc1ccc([C@@H]2[C@@H]3C(=O)N(c4ccccc4)C(=O)[C@@H]3ON2c2cccc([N+](=O)[O-])c2)cc1)c1ccccc1. The lowest BCUT2D eigenvalue weighted by molar-refractivity contribution is -0.384. The molecule has 2 aliphatic rings. The summed E-state index contributed by atoms with van der Waals surface area (Å²) < 4.78 is 5.48. The maximum absolute atomic E-state index is 13.7. The number of nitrogens with zero attached hydrogens (tertiary/aromatic N) is 3. The fourth-order valence-corrected chi connectivity index (χ4v) is 5.03. The molecule has 0 saturated carbocycles. The summed E-state index contributed by atoms with van der Waals surface area (Å²) in [5, 5.41) is 12.8. The van der Waals surface area contributed by atoms with Gasteiger partial charge in [0.2, 0.25) is 5.91 Å². The van der Waals surface area contributed by atoms with Crippen LogP contribution in [0, 0.1) is 16.0 Å². The van der Waals surface area contributed by atoms with Crippen LogP contribution in [-0.2, 0) is 14.4 Å². The van der Waals surface area contributed by atoms with Crippen molar-refractivity contribution >= 4 is 34.8 Å². The van der Waals surface area contributed by atoms with E-state index in [4.69, 9.17) is 9.57 Å². The summed E-state index contributed by atoms with van der Waals surface area (Å²) >= 11 is 0. The van der Waals surface area contributed by atoms with Gasteiger partial charge in [-0.3, -0.25) is 24.5 Å². The summed E-state index contributed by atoms with van der Waals surface area (Å²) in [6.45, 7) is 0. The van der Waals surface area contributed by atoms with E-state index in [1.807, 2.05) is 0 Å². The van der Waals surface area contributed by atoms with Crippen molar-refractivity contribution in [3.8, 4) is 5.75 Å². The number of carbonyl (C=O) groups excluding carboxylic acids is 3. The van der Waals surface area contributed by atoms with Crippen molar-refractivity contribution < 1.29 is 28.9 Å². The van der Waals surface area contributed by atoms with Crippen LogP contribution >= 0.6 is 0 Å². The molecule has 2 fully saturated rings. The molecule has 198 valence electrons. The zero-order chi connectivity index (χ0) is 27.8. The minimum Gasteiger partial charge on any atom is -0.423 e. The molecule has 0 radical (unpaired) electrons. The van der Waals surface area contributed by atoms with Gasteiger partial charge in [-0.2, -0.15) is 0 Å². The molecule has 4 aromatic rings. The number of ether oxygens (including phenoxy) is 1. The fourth-order valence-electron chi connectivity index (χ4n) is 5.03. The van der Waals surface area contributed by atoms with E-state index in [0.29, 0.717) is 22.5 Å². The van der Waals surface area contributed by atoms with E-state index in [9.17, 15) is 24.5 Å². The molecule has 2 amide bonds. The van der Waals surface area contributed by atoms with Gasteiger partial charge in [0.05, 0.1) is 27.9 Å². The van der Waals surface area contributed by atoms with Crippen LogP contribution in [0.5, 0.6) is 5.75 Å². The second-order valence-corrected chi connectivity index (χ2v) is 9.27. The van der Waals surface area contributed by atoms with Gasteiger partial charge < -0.3 is 4.74 Å². The zero-order valence-electron chi connectivity index (χ0n) is 20.8. The summed E-state index contributed by atoms with van der Waals surface area (Å²) in [5.41, 5.74) is 1.57. The predicted octanol–water partition coefficient (Wildman–Crippen LogP) is 4.87. The normalized spacial score (nSPS) is 19.9. The van der Waals surface area contributed by atoms with Crippen molar-refractivity contribution in [2.45, 2.75) is 12.1 Å². The number of amides is 2. The van der Waals surface area contributed by atoms with Gasteiger partial charge in [-0.25, -0.2) is 14.8 Å². The zero-order valence-corrected chi connectivity index (χ0v) is 20.8. The van der Waals surface area contributed by atoms with Crippen LogP contribution < -0.4 is 14.7 Å². The number of benzene rings is 4. The molecule has 2 heterocycles. The van der Waals surface area contributed by atoms with Crippen molar-refractivity contribution in [2.75, 3.05) is 9.96 Å². The molecule has 10 nitrogen and oxygen atoms in total. The molecule has 6 rings (SSSR count). The van der Waals surface area contributed by atoms with Crippen LogP contribution in [0.2, 0.25) is 0 Å². The van der Waals surface area contributed by atoms with E-state index in [1.54, 1.807) is 91.0 Å². The molecule has 0 aromatic heterocycles. The Morgan fingerprint density at radius 3 is 2.12 bits per heavy atom. The highest BCUT2D eigenvalue weighted by Crippen LogP contribution is 2.48. The first kappa shape index (κ1) is 25.0. The number of carbonyl (C=O) groups is 3. The van der Waals surface area contributed by atoms with Crippen molar-refractivity contribution in [2.24, 2.45) is 5.92 Å².